The molecule has 2 saturated carbocycles. The van der Waals surface area contributed by atoms with Crippen LogP contribution in [0, 0.1) is 29.1 Å². The Labute approximate surface area is 265 Å². The zero-order chi connectivity index (χ0) is 31.9. The van der Waals surface area contributed by atoms with Crippen LogP contribution in [-0.2, 0) is 4.79 Å². The molecule has 10 heteroatoms. The van der Waals surface area contributed by atoms with E-state index in [-0.39, 0.29) is 29.7 Å². The molecule has 0 radical (unpaired) electrons. The second kappa shape index (κ2) is 14.6. The number of hydrogen-bond donors (Lipinski definition) is 2. The molecule has 238 valence electrons. The SMILES string of the molecule is COc1ccc(C2CCC(CN(C(=O)C3CCC(CNC(=O)O)CC3)c3cccc(-c4cnn(C(C)C)c4)c3)CC2)nc1C#N. The number of nitriles is 1. The summed E-state index contributed by atoms with van der Waals surface area (Å²) in [5, 5.41) is 25.5. The second-order valence-corrected chi connectivity index (χ2v) is 12.8. The van der Waals surface area contributed by atoms with E-state index in [4.69, 9.17) is 9.84 Å². The molecule has 5 rings (SSSR count). The third kappa shape index (κ3) is 7.83. The highest BCUT2D eigenvalue weighted by Crippen LogP contribution is 2.38. The molecule has 2 amide bonds. The molecule has 0 spiro atoms. The summed E-state index contributed by atoms with van der Waals surface area (Å²) in [6.07, 6.45) is 9.97. The number of anilines is 1. The molecule has 2 heterocycles. The number of nitrogens with one attached hydrogen (secondary N) is 1. The quantitative estimate of drug-likeness (QED) is 0.258. The Kier molecular flexibility index (Phi) is 10.4. The van der Waals surface area contributed by atoms with Gasteiger partial charge in [0.1, 0.15) is 6.07 Å². The van der Waals surface area contributed by atoms with E-state index in [2.05, 4.69) is 53.6 Å². The van der Waals surface area contributed by atoms with Crippen molar-refractivity contribution in [3.05, 3.63) is 60.2 Å². The Morgan fingerprint density at radius 1 is 1.07 bits per heavy atom. The topological polar surface area (TPSA) is 133 Å². The average Bonchev–Trinajstić information content (AvgIpc) is 3.57. The van der Waals surface area contributed by atoms with Gasteiger partial charge in [0.25, 0.3) is 0 Å². The Bertz CT molecular complexity index is 1510. The van der Waals surface area contributed by atoms with Crippen molar-refractivity contribution >= 4 is 17.7 Å². The van der Waals surface area contributed by atoms with Gasteiger partial charge in [-0.2, -0.15) is 10.4 Å². The molecule has 2 fully saturated rings. The fourth-order valence-electron chi connectivity index (χ4n) is 6.84. The number of hydrogen-bond acceptors (Lipinski definition) is 6. The molecule has 0 atom stereocenters. The third-order valence-corrected chi connectivity index (χ3v) is 9.54. The lowest BCUT2D eigenvalue weighted by atomic mass is 9.79. The minimum absolute atomic E-state index is 0.0809. The predicted octanol–water partition coefficient (Wildman–Crippen LogP) is 6.79. The fourth-order valence-corrected chi connectivity index (χ4v) is 6.84. The normalized spacial score (nSPS) is 21.6. The van der Waals surface area contributed by atoms with E-state index in [9.17, 15) is 14.9 Å². The molecule has 0 saturated heterocycles. The summed E-state index contributed by atoms with van der Waals surface area (Å²) in [4.78, 5) is 31.8. The lowest BCUT2D eigenvalue weighted by molar-refractivity contribution is -0.123. The maximum atomic E-state index is 14.3. The zero-order valence-electron chi connectivity index (χ0n) is 26.5. The molecule has 0 bridgehead atoms. The van der Waals surface area contributed by atoms with Crippen molar-refractivity contribution in [3.63, 3.8) is 0 Å². The van der Waals surface area contributed by atoms with Gasteiger partial charge in [0.2, 0.25) is 5.91 Å². The highest BCUT2D eigenvalue weighted by molar-refractivity contribution is 5.95. The van der Waals surface area contributed by atoms with Gasteiger partial charge in [-0.25, -0.2) is 9.78 Å². The summed E-state index contributed by atoms with van der Waals surface area (Å²) in [5.41, 5.74) is 4.21. The Morgan fingerprint density at radius 2 is 1.80 bits per heavy atom. The third-order valence-electron chi connectivity index (χ3n) is 9.54. The second-order valence-electron chi connectivity index (χ2n) is 12.8. The van der Waals surface area contributed by atoms with Gasteiger partial charge in [-0.3, -0.25) is 9.48 Å². The first-order chi connectivity index (χ1) is 21.7. The predicted molar refractivity (Wildman–Crippen MR) is 172 cm³/mol. The van der Waals surface area contributed by atoms with Crippen LogP contribution in [0.5, 0.6) is 5.75 Å². The molecule has 0 aliphatic heterocycles. The molecular weight excluding hydrogens is 568 g/mol. The first kappa shape index (κ1) is 32.0. The van der Waals surface area contributed by atoms with Gasteiger partial charge in [0, 0.05) is 54.1 Å². The minimum atomic E-state index is -0.999. The van der Waals surface area contributed by atoms with Crippen molar-refractivity contribution in [3.8, 4) is 22.9 Å². The van der Waals surface area contributed by atoms with E-state index in [0.717, 1.165) is 73.9 Å². The van der Waals surface area contributed by atoms with Crippen LogP contribution in [-0.4, -0.2) is 52.1 Å². The fraction of sp³-hybridized carbons (Fsp3) is 0.514. The van der Waals surface area contributed by atoms with Gasteiger partial charge in [-0.1, -0.05) is 12.1 Å². The molecule has 2 aliphatic rings. The lowest BCUT2D eigenvalue weighted by Crippen LogP contribution is -2.42. The first-order valence-electron chi connectivity index (χ1n) is 16.1. The van der Waals surface area contributed by atoms with Gasteiger partial charge >= 0.3 is 6.09 Å². The largest absolute Gasteiger partial charge is 0.494 e. The first-order valence-corrected chi connectivity index (χ1v) is 16.1. The van der Waals surface area contributed by atoms with Gasteiger partial charge in [0.15, 0.2) is 11.4 Å². The van der Waals surface area contributed by atoms with Crippen LogP contribution in [0.1, 0.15) is 88.6 Å². The number of nitrogens with zero attached hydrogens (tertiary/aromatic N) is 5. The van der Waals surface area contributed by atoms with Crippen LogP contribution in [0.3, 0.4) is 0 Å². The maximum absolute atomic E-state index is 14.3. The van der Waals surface area contributed by atoms with E-state index in [1.165, 1.54) is 0 Å². The Hall–Kier alpha value is -4.39. The summed E-state index contributed by atoms with van der Waals surface area (Å²) in [6.45, 7) is 5.29. The van der Waals surface area contributed by atoms with Crippen LogP contribution >= 0.6 is 0 Å². The monoisotopic (exact) mass is 612 g/mol. The van der Waals surface area contributed by atoms with Crippen molar-refractivity contribution < 1.29 is 19.4 Å². The Morgan fingerprint density at radius 3 is 2.44 bits per heavy atom. The van der Waals surface area contributed by atoms with Gasteiger partial charge in [-0.05, 0) is 107 Å². The summed E-state index contributed by atoms with van der Waals surface area (Å²) in [6, 6.07) is 14.4. The maximum Gasteiger partial charge on any atom is 0.404 e. The van der Waals surface area contributed by atoms with Gasteiger partial charge < -0.3 is 20.1 Å². The molecule has 1 aromatic carbocycles. The van der Waals surface area contributed by atoms with Crippen molar-refractivity contribution in [1.82, 2.24) is 20.1 Å². The number of carboxylic acid groups (broad SMARTS) is 1. The summed E-state index contributed by atoms with van der Waals surface area (Å²) >= 11 is 0. The van der Waals surface area contributed by atoms with Gasteiger partial charge in [0.05, 0.1) is 13.3 Å². The summed E-state index contributed by atoms with van der Waals surface area (Å²) in [7, 11) is 1.55. The Balaban J connectivity index is 1.32. The number of rotatable bonds is 10. The average molecular weight is 613 g/mol. The number of ether oxygens (including phenoxy) is 1. The highest BCUT2D eigenvalue weighted by Gasteiger charge is 2.33. The van der Waals surface area contributed by atoms with E-state index >= 15 is 0 Å². The van der Waals surface area contributed by atoms with E-state index in [1.54, 1.807) is 7.11 Å². The zero-order valence-corrected chi connectivity index (χ0v) is 26.5. The summed E-state index contributed by atoms with van der Waals surface area (Å²) < 4.78 is 7.22. The summed E-state index contributed by atoms with van der Waals surface area (Å²) in [5.74, 6) is 1.47. The number of benzene rings is 1. The van der Waals surface area contributed by atoms with Crippen molar-refractivity contribution in [2.75, 3.05) is 25.1 Å². The van der Waals surface area contributed by atoms with E-state index < -0.39 is 6.09 Å². The minimum Gasteiger partial charge on any atom is -0.494 e. The molecule has 10 nitrogen and oxygen atoms in total. The van der Waals surface area contributed by atoms with Crippen LogP contribution in [0.15, 0.2) is 48.8 Å². The lowest BCUT2D eigenvalue weighted by Gasteiger charge is -2.36. The molecular formula is C35H44N6O4. The highest BCUT2D eigenvalue weighted by atomic mass is 16.5. The number of methoxy groups -OCH3 is 1. The van der Waals surface area contributed by atoms with Crippen LogP contribution < -0.4 is 15.0 Å². The molecule has 3 aromatic rings. The molecule has 45 heavy (non-hydrogen) atoms. The molecule has 2 aliphatic carbocycles. The van der Waals surface area contributed by atoms with Crippen LogP contribution in [0.25, 0.3) is 11.1 Å². The number of amides is 2. The van der Waals surface area contributed by atoms with Crippen LogP contribution in [0.4, 0.5) is 10.5 Å². The van der Waals surface area contributed by atoms with Gasteiger partial charge in [-0.15, -0.1) is 0 Å². The number of carbonyl (C=O) groups excluding carboxylic acids is 1. The number of pyridine rings is 1. The molecule has 2 aromatic heterocycles. The standard InChI is InChI=1S/C35H44N6O4/c1-23(2)41-22-29(20-38-41)28-5-4-6-30(17-28)40(34(42)27-13-7-24(8-14-27)19-37-35(43)44)21-25-9-11-26(12-10-25)31-15-16-33(45-3)32(18-36)39-31/h4-6,15-17,20,22-27,37H,7-14,19,21H2,1-3H3,(H,43,44). The van der Waals surface area contributed by atoms with Crippen molar-refractivity contribution in [2.24, 2.45) is 17.8 Å². The molecule has 2 N–H and O–H groups in total. The van der Waals surface area contributed by atoms with E-state index in [0.29, 0.717) is 30.5 Å². The van der Waals surface area contributed by atoms with Crippen LogP contribution in [0.2, 0.25) is 0 Å². The van der Waals surface area contributed by atoms with E-state index in [1.807, 2.05) is 40.0 Å². The number of carbonyl (C=O) groups is 2. The number of aromatic nitrogens is 3. The smallest absolute Gasteiger partial charge is 0.404 e. The van der Waals surface area contributed by atoms with Crippen molar-refractivity contribution in [1.29, 1.82) is 5.26 Å². The molecule has 0 unspecified atom stereocenters. The van der Waals surface area contributed by atoms with Crippen molar-refractivity contribution in [2.45, 2.75) is 77.2 Å².